The van der Waals surface area contributed by atoms with Gasteiger partial charge in [0.1, 0.15) is 23.1 Å². The average molecular weight is 601 g/mol. The predicted octanol–water partition coefficient (Wildman–Crippen LogP) is 4.70. The third-order valence-electron chi connectivity index (χ3n) is 8.39. The van der Waals surface area contributed by atoms with Crippen LogP contribution < -0.4 is 4.90 Å². The molecule has 44 heavy (non-hydrogen) atoms. The molecule has 1 N–H and O–H groups in total. The Kier molecular flexibility index (Phi) is 6.14. The van der Waals surface area contributed by atoms with Crippen molar-refractivity contribution in [2.24, 2.45) is 0 Å². The molecule has 2 fully saturated rings. The zero-order chi connectivity index (χ0) is 32.1. The number of likely N-dealkylation sites (N-methyl/N-ethyl adjacent to an activating group) is 1. The van der Waals surface area contributed by atoms with Crippen LogP contribution in [0.25, 0.3) is 10.9 Å². The quantitative estimate of drug-likeness (QED) is 0.402. The summed E-state index contributed by atoms with van der Waals surface area (Å²) in [7, 11) is 1.38. The summed E-state index contributed by atoms with van der Waals surface area (Å²) >= 11 is 0. The van der Waals surface area contributed by atoms with Crippen LogP contribution in [0.15, 0.2) is 67.0 Å². The lowest BCUT2D eigenvalue weighted by atomic mass is 9.71. The minimum atomic E-state index is -2.35. The molecule has 4 heterocycles. The predicted molar refractivity (Wildman–Crippen MR) is 162 cm³/mol. The molecule has 3 aliphatic rings. The fourth-order valence-electron chi connectivity index (χ4n) is 6.77. The number of benzene rings is 2. The Balaban J connectivity index is 1.69. The normalized spacial score (nSPS) is 24.9. The summed E-state index contributed by atoms with van der Waals surface area (Å²) in [5.74, 6) is -1.47. The SMILES string of the molecule is C=C1C(=O)N2[C@H]3N(C(=O)OC(C)(C)C)c4ccccc4[C@@]3(c3cn(C(=O)OC(C)(C)C)c4ccccc34)C[C@@]2(O)C(=O)N1C. The van der Waals surface area contributed by atoms with E-state index >= 15 is 0 Å². The van der Waals surface area contributed by atoms with Crippen molar-refractivity contribution in [2.75, 3.05) is 11.9 Å². The maximum absolute atomic E-state index is 14.1. The number of carbonyl (C=O) groups is 4. The highest BCUT2D eigenvalue weighted by Crippen LogP contribution is 2.62. The highest BCUT2D eigenvalue weighted by molar-refractivity contribution is 6.09. The van der Waals surface area contributed by atoms with Gasteiger partial charge in [-0.05, 0) is 64.8 Å². The second-order valence-electron chi connectivity index (χ2n) is 13.6. The van der Waals surface area contributed by atoms with E-state index in [1.807, 2.05) is 18.2 Å². The Morgan fingerprint density at radius 3 is 2.16 bits per heavy atom. The number of piperazine rings is 1. The molecule has 3 atom stereocenters. The number of aromatic nitrogens is 1. The minimum absolute atomic E-state index is 0.147. The van der Waals surface area contributed by atoms with Crippen molar-refractivity contribution in [3.8, 4) is 0 Å². The Morgan fingerprint density at radius 2 is 1.50 bits per heavy atom. The smallest absolute Gasteiger partial charge is 0.419 e. The van der Waals surface area contributed by atoms with Gasteiger partial charge in [0, 0.05) is 25.1 Å². The maximum atomic E-state index is 14.1. The Labute approximate surface area is 255 Å². The first-order valence-corrected chi connectivity index (χ1v) is 14.4. The van der Waals surface area contributed by atoms with Gasteiger partial charge in [-0.15, -0.1) is 0 Å². The van der Waals surface area contributed by atoms with E-state index in [1.54, 1.807) is 78.1 Å². The minimum Gasteiger partial charge on any atom is -0.443 e. The fourth-order valence-corrected chi connectivity index (χ4v) is 6.77. The van der Waals surface area contributed by atoms with Gasteiger partial charge in [0.25, 0.3) is 11.8 Å². The summed E-state index contributed by atoms with van der Waals surface area (Å²) in [6.45, 7) is 14.3. The molecule has 1 aromatic heterocycles. The molecular weight excluding hydrogens is 564 g/mol. The zero-order valence-corrected chi connectivity index (χ0v) is 25.9. The molecule has 3 aromatic rings. The number of amides is 3. The molecule has 0 unspecified atom stereocenters. The second-order valence-corrected chi connectivity index (χ2v) is 13.6. The zero-order valence-electron chi connectivity index (χ0n) is 25.9. The van der Waals surface area contributed by atoms with E-state index in [0.29, 0.717) is 27.7 Å². The van der Waals surface area contributed by atoms with Crippen molar-refractivity contribution in [1.82, 2.24) is 14.4 Å². The van der Waals surface area contributed by atoms with Gasteiger partial charge in [-0.3, -0.25) is 24.0 Å². The number of ether oxygens (including phenoxy) is 2. The highest BCUT2D eigenvalue weighted by Gasteiger charge is 2.74. The number of hydrogen-bond acceptors (Lipinski definition) is 7. The van der Waals surface area contributed by atoms with Gasteiger partial charge in [0.2, 0.25) is 5.72 Å². The lowest BCUT2D eigenvalue weighted by Gasteiger charge is -2.45. The van der Waals surface area contributed by atoms with E-state index in [0.717, 1.165) is 9.80 Å². The third kappa shape index (κ3) is 3.98. The summed E-state index contributed by atoms with van der Waals surface area (Å²) in [6.07, 6.45) is -1.32. The van der Waals surface area contributed by atoms with Gasteiger partial charge >= 0.3 is 12.2 Å². The van der Waals surface area contributed by atoms with E-state index in [4.69, 9.17) is 9.47 Å². The highest BCUT2D eigenvalue weighted by atomic mass is 16.6. The molecule has 0 aliphatic carbocycles. The van der Waals surface area contributed by atoms with Crippen LogP contribution in [0.1, 0.15) is 59.1 Å². The Bertz CT molecular complexity index is 1780. The van der Waals surface area contributed by atoms with Crippen LogP contribution in [-0.2, 0) is 24.5 Å². The van der Waals surface area contributed by atoms with E-state index in [9.17, 15) is 24.3 Å². The molecular formula is C33H36N4O7. The molecule has 0 radical (unpaired) electrons. The molecule has 0 spiro atoms. The molecule has 3 amide bonds. The Morgan fingerprint density at radius 1 is 0.909 bits per heavy atom. The number of hydrogen-bond donors (Lipinski definition) is 1. The van der Waals surface area contributed by atoms with Crippen LogP contribution >= 0.6 is 0 Å². The van der Waals surface area contributed by atoms with Crippen LogP contribution in [0.5, 0.6) is 0 Å². The van der Waals surface area contributed by atoms with Crippen molar-refractivity contribution >= 4 is 40.6 Å². The van der Waals surface area contributed by atoms with Crippen molar-refractivity contribution in [1.29, 1.82) is 0 Å². The summed E-state index contributed by atoms with van der Waals surface area (Å²) in [5.41, 5.74) is -3.48. The lowest BCUT2D eigenvalue weighted by molar-refractivity contribution is -0.183. The largest absolute Gasteiger partial charge is 0.443 e. The van der Waals surface area contributed by atoms with Crippen LogP contribution in [-0.4, -0.2) is 73.6 Å². The lowest BCUT2D eigenvalue weighted by Crippen LogP contribution is -2.68. The van der Waals surface area contributed by atoms with E-state index in [2.05, 4.69) is 6.58 Å². The first kappa shape index (κ1) is 29.4. The standard InChI is InChI=1S/C33H36N4O7/c1-19-25(38)37-26-32(18-33(37,42)27(39)34(19)8,21-14-10-12-16-24(21)36(26)29(41)44-31(5,6)7)22-17-35(28(40)43-30(2,3)4)23-15-11-9-13-20(22)23/h9-17,26,42H,1,18H2,2-8H3/t26-,32-,33-/m1/s1. The van der Waals surface area contributed by atoms with Crippen LogP contribution in [0.3, 0.4) is 0 Å². The summed E-state index contributed by atoms with van der Waals surface area (Å²) in [6, 6.07) is 14.3. The first-order valence-electron chi connectivity index (χ1n) is 14.4. The van der Waals surface area contributed by atoms with E-state index in [-0.39, 0.29) is 12.1 Å². The van der Waals surface area contributed by atoms with Gasteiger partial charge in [-0.25, -0.2) is 9.59 Å². The van der Waals surface area contributed by atoms with Gasteiger partial charge < -0.3 is 19.5 Å². The van der Waals surface area contributed by atoms with E-state index < -0.39 is 52.5 Å². The number of nitrogens with zero attached hydrogens (tertiary/aromatic N) is 4. The molecule has 3 aliphatic heterocycles. The number of carbonyl (C=O) groups excluding carboxylic acids is 4. The molecule has 230 valence electrons. The molecule has 2 saturated heterocycles. The van der Waals surface area contributed by atoms with Gasteiger partial charge in [-0.2, -0.15) is 0 Å². The summed E-state index contributed by atoms with van der Waals surface area (Å²) in [4.78, 5) is 58.9. The number of rotatable bonds is 1. The number of fused-ring (bicyclic) bond motifs is 6. The molecule has 0 saturated carbocycles. The van der Waals surface area contributed by atoms with Crippen LogP contribution in [0.2, 0.25) is 0 Å². The van der Waals surface area contributed by atoms with Gasteiger partial charge in [-0.1, -0.05) is 43.0 Å². The third-order valence-corrected chi connectivity index (χ3v) is 8.39. The Hall–Kier alpha value is -4.64. The first-order chi connectivity index (χ1) is 20.4. The van der Waals surface area contributed by atoms with Crippen molar-refractivity contribution < 1.29 is 33.8 Å². The van der Waals surface area contributed by atoms with E-state index in [1.165, 1.54) is 16.5 Å². The monoisotopic (exact) mass is 600 g/mol. The van der Waals surface area contributed by atoms with Gasteiger partial charge in [0.15, 0.2) is 0 Å². The van der Waals surface area contributed by atoms with Crippen molar-refractivity contribution in [2.45, 2.75) is 76.5 Å². The summed E-state index contributed by atoms with van der Waals surface area (Å²) < 4.78 is 13.0. The van der Waals surface area contributed by atoms with Crippen LogP contribution in [0.4, 0.5) is 15.3 Å². The molecule has 2 aromatic carbocycles. The average Bonchev–Trinajstić information content (AvgIpc) is 3.53. The number of aliphatic hydroxyl groups is 1. The fraction of sp³-hybridized carbons (Fsp3) is 0.394. The topological polar surface area (TPSA) is 122 Å². The second kappa shape index (κ2) is 9.18. The molecule has 0 bridgehead atoms. The van der Waals surface area contributed by atoms with Crippen molar-refractivity contribution in [3.63, 3.8) is 0 Å². The maximum Gasteiger partial charge on any atom is 0.419 e. The molecule has 11 nitrogen and oxygen atoms in total. The van der Waals surface area contributed by atoms with Crippen molar-refractivity contribution in [3.05, 3.63) is 78.1 Å². The number of anilines is 1. The summed E-state index contributed by atoms with van der Waals surface area (Å²) in [5, 5.41) is 12.9. The number of para-hydroxylation sites is 2. The van der Waals surface area contributed by atoms with Crippen LogP contribution in [0, 0.1) is 0 Å². The molecule has 11 heteroatoms. The molecule has 6 rings (SSSR count). The van der Waals surface area contributed by atoms with Gasteiger partial charge in [0.05, 0.1) is 16.6 Å².